The van der Waals surface area contributed by atoms with Crippen LogP contribution in [0.1, 0.15) is 48.3 Å². The second-order valence-electron chi connectivity index (χ2n) is 7.67. The topological polar surface area (TPSA) is 49.8 Å². The Bertz CT molecular complexity index is 992. The lowest BCUT2D eigenvalue weighted by atomic mass is 9.98. The summed E-state index contributed by atoms with van der Waals surface area (Å²) >= 11 is 0. The van der Waals surface area contributed by atoms with Gasteiger partial charge in [0.05, 0.1) is 0 Å². The Kier molecular flexibility index (Phi) is 5.61. The summed E-state index contributed by atoms with van der Waals surface area (Å²) < 4.78 is 40.3. The minimum Gasteiger partial charge on any atom is -0.340 e. The Labute approximate surface area is 173 Å². The van der Waals surface area contributed by atoms with Crippen LogP contribution in [0.3, 0.4) is 0 Å². The molecular weight excluding hydrogens is 389 g/mol. The largest absolute Gasteiger partial charge is 0.421 e. The molecule has 7 heteroatoms. The standard InChI is InChI=1S/C23H23F3N4/c1-15-6-10-18(11-7-15)28-21-20(23(24,25)26)14-27-22(30-21)29-19-12-8-17(9-13-19)16-4-2-3-5-16/h6-14,16H,2-5H2,1H3,(H2,27,28,29,30). The molecule has 0 atom stereocenters. The van der Waals surface area contributed by atoms with E-state index in [2.05, 4.69) is 32.7 Å². The lowest BCUT2D eigenvalue weighted by molar-refractivity contribution is -0.137. The van der Waals surface area contributed by atoms with Gasteiger partial charge < -0.3 is 10.6 Å². The van der Waals surface area contributed by atoms with Crippen LogP contribution in [0.2, 0.25) is 0 Å². The minimum atomic E-state index is -4.56. The zero-order valence-corrected chi connectivity index (χ0v) is 16.6. The average molecular weight is 412 g/mol. The molecule has 0 spiro atoms. The number of aryl methyl sites for hydroxylation is 1. The van der Waals surface area contributed by atoms with Crippen molar-refractivity contribution >= 4 is 23.1 Å². The first kappa shape index (κ1) is 20.2. The number of anilines is 4. The van der Waals surface area contributed by atoms with E-state index in [0.29, 0.717) is 11.6 Å². The summed E-state index contributed by atoms with van der Waals surface area (Å²) in [6.45, 7) is 1.91. The third kappa shape index (κ3) is 4.72. The molecule has 0 unspecified atom stereocenters. The van der Waals surface area contributed by atoms with Crippen LogP contribution in [0.4, 0.5) is 36.3 Å². The second kappa shape index (κ2) is 8.34. The zero-order chi connectivity index (χ0) is 21.1. The zero-order valence-electron chi connectivity index (χ0n) is 16.6. The van der Waals surface area contributed by atoms with E-state index < -0.39 is 11.7 Å². The number of hydrogen-bond acceptors (Lipinski definition) is 4. The van der Waals surface area contributed by atoms with Gasteiger partial charge in [-0.2, -0.15) is 18.2 Å². The Morgan fingerprint density at radius 1 is 0.867 bits per heavy atom. The van der Waals surface area contributed by atoms with Gasteiger partial charge in [-0.1, -0.05) is 42.7 Å². The molecule has 1 aliphatic carbocycles. The van der Waals surface area contributed by atoms with Gasteiger partial charge in [-0.15, -0.1) is 0 Å². The fraction of sp³-hybridized carbons (Fsp3) is 0.304. The van der Waals surface area contributed by atoms with Crippen LogP contribution >= 0.6 is 0 Å². The van der Waals surface area contributed by atoms with E-state index >= 15 is 0 Å². The van der Waals surface area contributed by atoms with Gasteiger partial charge in [-0.05, 0) is 55.5 Å². The first-order valence-electron chi connectivity index (χ1n) is 10.0. The van der Waals surface area contributed by atoms with Crippen LogP contribution in [-0.2, 0) is 6.18 Å². The van der Waals surface area contributed by atoms with E-state index in [1.807, 2.05) is 31.2 Å². The summed E-state index contributed by atoms with van der Waals surface area (Å²) in [6.07, 6.45) is 1.19. The molecule has 2 aromatic carbocycles. The van der Waals surface area contributed by atoms with Gasteiger partial charge in [0.15, 0.2) is 0 Å². The SMILES string of the molecule is Cc1ccc(Nc2nc(Nc3ccc(C4CCCC4)cc3)ncc2C(F)(F)F)cc1. The van der Waals surface area contributed by atoms with Gasteiger partial charge in [0.2, 0.25) is 5.95 Å². The van der Waals surface area contributed by atoms with Gasteiger partial charge in [0, 0.05) is 17.6 Å². The first-order chi connectivity index (χ1) is 14.4. The number of benzene rings is 2. The summed E-state index contributed by atoms with van der Waals surface area (Å²) in [5, 5.41) is 5.77. The highest BCUT2D eigenvalue weighted by atomic mass is 19.4. The number of nitrogens with one attached hydrogen (secondary N) is 2. The molecule has 0 bridgehead atoms. The van der Waals surface area contributed by atoms with Crippen LogP contribution in [0, 0.1) is 6.92 Å². The molecule has 2 N–H and O–H groups in total. The molecule has 156 valence electrons. The molecule has 1 aromatic heterocycles. The molecule has 0 amide bonds. The molecule has 1 fully saturated rings. The van der Waals surface area contributed by atoms with Crippen molar-refractivity contribution in [3.8, 4) is 0 Å². The maximum absolute atomic E-state index is 13.4. The summed E-state index contributed by atoms with van der Waals surface area (Å²) in [6, 6.07) is 15.0. The number of rotatable bonds is 5. The molecule has 4 rings (SSSR count). The predicted molar refractivity (Wildman–Crippen MR) is 112 cm³/mol. The van der Waals surface area contributed by atoms with E-state index in [-0.39, 0.29) is 11.8 Å². The number of aromatic nitrogens is 2. The highest BCUT2D eigenvalue weighted by Crippen LogP contribution is 2.36. The monoisotopic (exact) mass is 412 g/mol. The molecule has 3 aromatic rings. The van der Waals surface area contributed by atoms with Crippen molar-refractivity contribution in [3.63, 3.8) is 0 Å². The fourth-order valence-corrected chi connectivity index (χ4v) is 3.75. The van der Waals surface area contributed by atoms with E-state index in [9.17, 15) is 13.2 Å². The van der Waals surface area contributed by atoms with Gasteiger partial charge in [-0.25, -0.2) is 4.98 Å². The van der Waals surface area contributed by atoms with Crippen LogP contribution in [-0.4, -0.2) is 9.97 Å². The Morgan fingerprint density at radius 2 is 1.47 bits per heavy atom. The lowest BCUT2D eigenvalue weighted by Gasteiger charge is -2.15. The molecule has 1 aliphatic rings. The normalized spacial score (nSPS) is 14.7. The van der Waals surface area contributed by atoms with Crippen LogP contribution in [0.5, 0.6) is 0 Å². The van der Waals surface area contributed by atoms with Gasteiger partial charge in [0.25, 0.3) is 0 Å². The number of hydrogen-bond donors (Lipinski definition) is 2. The second-order valence-corrected chi connectivity index (χ2v) is 7.67. The smallest absolute Gasteiger partial charge is 0.340 e. The summed E-state index contributed by atoms with van der Waals surface area (Å²) in [4.78, 5) is 7.97. The van der Waals surface area contributed by atoms with E-state index in [0.717, 1.165) is 17.4 Å². The molecule has 1 heterocycles. The van der Waals surface area contributed by atoms with Crippen molar-refractivity contribution in [2.45, 2.75) is 44.7 Å². The first-order valence-corrected chi connectivity index (χ1v) is 10.0. The van der Waals surface area contributed by atoms with Crippen molar-refractivity contribution in [1.82, 2.24) is 9.97 Å². The van der Waals surface area contributed by atoms with Crippen LogP contribution in [0.15, 0.2) is 54.7 Å². The predicted octanol–water partition coefficient (Wildman–Crippen LogP) is 6.95. The molecule has 1 saturated carbocycles. The van der Waals surface area contributed by atoms with Gasteiger partial charge in [0.1, 0.15) is 11.4 Å². The maximum atomic E-state index is 13.4. The number of halogens is 3. The Hall–Kier alpha value is -3.09. The van der Waals surface area contributed by atoms with Crippen LogP contribution < -0.4 is 10.6 Å². The van der Waals surface area contributed by atoms with Gasteiger partial charge >= 0.3 is 6.18 Å². The van der Waals surface area contributed by atoms with Crippen molar-refractivity contribution in [2.75, 3.05) is 10.6 Å². The van der Waals surface area contributed by atoms with Crippen molar-refractivity contribution in [1.29, 1.82) is 0 Å². The van der Waals surface area contributed by atoms with Gasteiger partial charge in [-0.3, -0.25) is 0 Å². The third-order valence-corrected chi connectivity index (χ3v) is 5.40. The molecule has 30 heavy (non-hydrogen) atoms. The van der Waals surface area contributed by atoms with E-state index in [1.54, 1.807) is 12.1 Å². The molecular formula is C23H23F3N4. The molecule has 0 radical (unpaired) electrons. The fourth-order valence-electron chi connectivity index (χ4n) is 3.75. The van der Waals surface area contributed by atoms with E-state index in [4.69, 9.17) is 0 Å². The van der Waals surface area contributed by atoms with Crippen molar-refractivity contribution in [2.24, 2.45) is 0 Å². The molecule has 4 nitrogen and oxygen atoms in total. The van der Waals surface area contributed by atoms with Crippen LogP contribution in [0.25, 0.3) is 0 Å². The molecule has 0 saturated heterocycles. The summed E-state index contributed by atoms with van der Waals surface area (Å²) in [5.74, 6) is 0.421. The third-order valence-electron chi connectivity index (χ3n) is 5.40. The number of alkyl halides is 3. The summed E-state index contributed by atoms with van der Waals surface area (Å²) in [7, 11) is 0. The minimum absolute atomic E-state index is 0.103. The Morgan fingerprint density at radius 3 is 2.10 bits per heavy atom. The van der Waals surface area contributed by atoms with Crippen molar-refractivity contribution in [3.05, 3.63) is 71.4 Å². The lowest BCUT2D eigenvalue weighted by Crippen LogP contribution is -2.12. The van der Waals surface area contributed by atoms with E-state index in [1.165, 1.54) is 31.2 Å². The highest BCUT2D eigenvalue weighted by Gasteiger charge is 2.35. The summed E-state index contributed by atoms with van der Waals surface area (Å²) in [5.41, 5.74) is 2.66. The number of nitrogens with zero attached hydrogens (tertiary/aromatic N) is 2. The average Bonchev–Trinajstić information content (AvgIpc) is 3.24. The maximum Gasteiger partial charge on any atom is 0.421 e. The quantitative estimate of drug-likeness (QED) is 0.476. The Balaban J connectivity index is 1.56. The molecule has 0 aliphatic heterocycles. The highest BCUT2D eigenvalue weighted by molar-refractivity contribution is 5.63. The van der Waals surface area contributed by atoms with Crippen molar-refractivity contribution < 1.29 is 13.2 Å².